The Hall–Kier alpha value is -0.980. The number of rotatable bonds is 2. The summed E-state index contributed by atoms with van der Waals surface area (Å²) in [6, 6.07) is 14.1. The van der Waals surface area contributed by atoms with E-state index in [-0.39, 0.29) is 0 Å². The minimum atomic E-state index is 0.500. The fraction of sp³-hybridized carbons (Fsp3) is 0.0667. The summed E-state index contributed by atoms with van der Waals surface area (Å²) in [5, 5.41) is 0.500. The van der Waals surface area contributed by atoms with Crippen molar-refractivity contribution in [2.24, 2.45) is 0 Å². The number of hydrogen-bond donors (Lipinski definition) is 0. The van der Waals surface area contributed by atoms with Crippen LogP contribution >= 0.6 is 45.5 Å². The standard InChI is InChI=1S/C15H10ClIN2S/c1-9-7-8-11(20-9)15-18-13(12(17)14(16)19-15)10-5-3-2-4-6-10/h2-8H,1H3. The number of hydrogen-bond acceptors (Lipinski definition) is 3. The van der Waals surface area contributed by atoms with Gasteiger partial charge in [0.25, 0.3) is 0 Å². The van der Waals surface area contributed by atoms with Gasteiger partial charge in [0.2, 0.25) is 0 Å². The predicted molar refractivity (Wildman–Crippen MR) is 93.2 cm³/mol. The largest absolute Gasteiger partial charge is 0.226 e. The highest BCUT2D eigenvalue weighted by Crippen LogP contribution is 2.32. The van der Waals surface area contributed by atoms with E-state index >= 15 is 0 Å². The minimum Gasteiger partial charge on any atom is -0.226 e. The molecule has 0 aliphatic rings. The van der Waals surface area contributed by atoms with Crippen LogP contribution in [-0.2, 0) is 0 Å². The molecule has 0 aliphatic heterocycles. The molecule has 2 aromatic heterocycles. The molecule has 0 fully saturated rings. The topological polar surface area (TPSA) is 25.8 Å². The molecule has 20 heavy (non-hydrogen) atoms. The SMILES string of the molecule is Cc1ccc(-c2nc(Cl)c(I)c(-c3ccccc3)n2)s1. The number of thiophene rings is 1. The van der Waals surface area contributed by atoms with Crippen molar-refractivity contribution in [1.82, 2.24) is 9.97 Å². The molecule has 0 amide bonds. The molecule has 2 heterocycles. The maximum atomic E-state index is 6.27. The quantitative estimate of drug-likeness (QED) is 0.414. The molecule has 0 N–H and O–H groups in total. The highest BCUT2D eigenvalue weighted by atomic mass is 127. The molecular weight excluding hydrogens is 403 g/mol. The van der Waals surface area contributed by atoms with E-state index in [1.165, 1.54) is 4.88 Å². The van der Waals surface area contributed by atoms with Gasteiger partial charge >= 0.3 is 0 Å². The van der Waals surface area contributed by atoms with E-state index in [2.05, 4.69) is 40.6 Å². The van der Waals surface area contributed by atoms with Crippen molar-refractivity contribution < 1.29 is 0 Å². The van der Waals surface area contributed by atoms with E-state index in [0.717, 1.165) is 19.7 Å². The van der Waals surface area contributed by atoms with Gasteiger partial charge in [-0.25, -0.2) is 9.97 Å². The number of benzene rings is 1. The summed E-state index contributed by atoms with van der Waals surface area (Å²) in [4.78, 5) is 11.4. The van der Waals surface area contributed by atoms with Gasteiger partial charge < -0.3 is 0 Å². The van der Waals surface area contributed by atoms with Crippen LogP contribution in [0.1, 0.15) is 4.88 Å². The van der Waals surface area contributed by atoms with Crippen molar-refractivity contribution in [3.05, 3.63) is 56.1 Å². The third-order valence-corrected chi connectivity index (χ3v) is 5.43. The maximum absolute atomic E-state index is 6.27. The first-order valence-electron chi connectivity index (χ1n) is 6.00. The number of nitrogens with zero attached hydrogens (tertiary/aromatic N) is 2. The molecule has 0 saturated carbocycles. The second-order valence-electron chi connectivity index (χ2n) is 4.28. The number of aryl methyl sites for hydroxylation is 1. The summed E-state index contributed by atoms with van der Waals surface area (Å²) in [5.74, 6) is 0.687. The zero-order chi connectivity index (χ0) is 14.1. The molecule has 0 spiro atoms. The second-order valence-corrected chi connectivity index (χ2v) is 7.00. The van der Waals surface area contributed by atoms with Crippen molar-refractivity contribution in [3.8, 4) is 22.0 Å². The molecule has 2 nitrogen and oxygen atoms in total. The molecule has 3 aromatic rings. The Kier molecular flexibility index (Phi) is 4.05. The van der Waals surface area contributed by atoms with Gasteiger partial charge in [0.05, 0.1) is 14.1 Å². The van der Waals surface area contributed by atoms with Gasteiger partial charge in [0, 0.05) is 10.4 Å². The van der Waals surface area contributed by atoms with Crippen molar-refractivity contribution in [2.45, 2.75) is 6.92 Å². The molecule has 0 saturated heterocycles. The Bertz CT molecular complexity index is 756. The minimum absolute atomic E-state index is 0.500. The lowest BCUT2D eigenvalue weighted by molar-refractivity contribution is 1.17. The van der Waals surface area contributed by atoms with Gasteiger partial charge in [-0.1, -0.05) is 41.9 Å². The summed E-state index contributed by atoms with van der Waals surface area (Å²) < 4.78 is 0.882. The molecular formula is C15H10ClIN2S. The van der Waals surface area contributed by atoms with Gasteiger partial charge in [0.1, 0.15) is 5.15 Å². The van der Waals surface area contributed by atoms with E-state index in [4.69, 9.17) is 16.6 Å². The smallest absolute Gasteiger partial charge is 0.171 e. The number of halogens is 2. The first-order valence-corrected chi connectivity index (χ1v) is 8.28. The molecule has 0 bridgehead atoms. The predicted octanol–water partition coefficient (Wildman–Crippen LogP) is 5.44. The van der Waals surface area contributed by atoms with E-state index in [1.54, 1.807) is 11.3 Å². The van der Waals surface area contributed by atoms with Crippen LogP contribution in [0.25, 0.3) is 22.0 Å². The summed E-state index contributed by atoms with van der Waals surface area (Å²) in [6.45, 7) is 2.07. The summed E-state index contributed by atoms with van der Waals surface area (Å²) >= 11 is 10.1. The van der Waals surface area contributed by atoms with Crippen LogP contribution in [0, 0.1) is 10.5 Å². The van der Waals surface area contributed by atoms with Crippen molar-refractivity contribution in [2.75, 3.05) is 0 Å². The zero-order valence-electron chi connectivity index (χ0n) is 10.6. The van der Waals surface area contributed by atoms with Crippen LogP contribution in [0.5, 0.6) is 0 Å². The molecule has 1 aromatic carbocycles. The average molecular weight is 413 g/mol. The van der Waals surface area contributed by atoms with Crippen LogP contribution in [0.3, 0.4) is 0 Å². The Morgan fingerprint density at radius 3 is 2.45 bits per heavy atom. The highest BCUT2D eigenvalue weighted by molar-refractivity contribution is 14.1. The van der Waals surface area contributed by atoms with E-state index in [9.17, 15) is 0 Å². The van der Waals surface area contributed by atoms with Gasteiger partial charge in [0.15, 0.2) is 5.82 Å². The first-order chi connectivity index (χ1) is 9.65. The summed E-state index contributed by atoms with van der Waals surface area (Å²) in [5.41, 5.74) is 1.93. The van der Waals surface area contributed by atoms with Crippen LogP contribution < -0.4 is 0 Å². The lowest BCUT2D eigenvalue weighted by atomic mass is 10.1. The van der Waals surface area contributed by atoms with Gasteiger partial charge in [-0.15, -0.1) is 11.3 Å². The molecule has 0 atom stereocenters. The van der Waals surface area contributed by atoms with E-state index in [1.807, 2.05) is 36.4 Å². The highest BCUT2D eigenvalue weighted by Gasteiger charge is 2.14. The first kappa shape index (κ1) is 14.0. The lowest BCUT2D eigenvalue weighted by Crippen LogP contribution is -1.96. The van der Waals surface area contributed by atoms with Gasteiger partial charge in [-0.3, -0.25) is 0 Å². The van der Waals surface area contributed by atoms with Crippen molar-refractivity contribution in [1.29, 1.82) is 0 Å². The second kappa shape index (κ2) is 5.79. The Morgan fingerprint density at radius 2 is 1.80 bits per heavy atom. The Labute approximate surface area is 140 Å². The van der Waals surface area contributed by atoms with Crippen molar-refractivity contribution >= 4 is 45.5 Å². The maximum Gasteiger partial charge on any atom is 0.171 e. The van der Waals surface area contributed by atoms with Gasteiger partial charge in [-0.05, 0) is 41.6 Å². The van der Waals surface area contributed by atoms with Crippen LogP contribution in [-0.4, -0.2) is 9.97 Å². The fourth-order valence-corrected chi connectivity index (χ4v) is 3.40. The summed E-state index contributed by atoms with van der Waals surface area (Å²) in [7, 11) is 0. The van der Waals surface area contributed by atoms with E-state index in [0.29, 0.717) is 11.0 Å². The summed E-state index contributed by atoms with van der Waals surface area (Å²) in [6.07, 6.45) is 0. The van der Waals surface area contributed by atoms with Crippen LogP contribution in [0.2, 0.25) is 5.15 Å². The number of aromatic nitrogens is 2. The third kappa shape index (κ3) is 2.73. The fourth-order valence-electron chi connectivity index (χ4n) is 1.87. The lowest BCUT2D eigenvalue weighted by Gasteiger charge is -2.07. The monoisotopic (exact) mass is 412 g/mol. The van der Waals surface area contributed by atoms with E-state index < -0.39 is 0 Å². The average Bonchev–Trinajstić information content (AvgIpc) is 2.89. The van der Waals surface area contributed by atoms with Crippen LogP contribution in [0.15, 0.2) is 42.5 Å². The molecule has 100 valence electrons. The van der Waals surface area contributed by atoms with Crippen molar-refractivity contribution in [3.63, 3.8) is 0 Å². The molecule has 0 aliphatic carbocycles. The third-order valence-electron chi connectivity index (χ3n) is 2.82. The molecule has 0 unspecified atom stereocenters. The molecule has 5 heteroatoms. The Balaban J connectivity index is 2.18. The van der Waals surface area contributed by atoms with Gasteiger partial charge in [-0.2, -0.15) is 0 Å². The normalized spacial score (nSPS) is 10.8. The molecule has 3 rings (SSSR count). The zero-order valence-corrected chi connectivity index (χ0v) is 14.3. The Morgan fingerprint density at radius 1 is 1.05 bits per heavy atom. The van der Waals surface area contributed by atoms with Crippen LogP contribution in [0.4, 0.5) is 0 Å². The molecule has 0 radical (unpaired) electrons.